The third-order valence-electron chi connectivity index (χ3n) is 12.7. The highest BCUT2D eigenvalue weighted by molar-refractivity contribution is 7.99. The maximum Gasteiger partial charge on any atom is 0.0735 e. The second kappa shape index (κ2) is 12.2. The van der Waals surface area contributed by atoms with Crippen LogP contribution < -0.4 is 4.90 Å². The van der Waals surface area contributed by atoms with Crippen LogP contribution in [0, 0.1) is 0 Å². The summed E-state index contributed by atoms with van der Waals surface area (Å²) in [5.41, 5.74) is 11.0. The lowest BCUT2D eigenvalue weighted by atomic mass is 9.59. The summed E-state index contributed by atoms with van der Waals surface area (Å²) in [4.78, 5) is 5.07. The van der Waals surface area contributed by atoms with Crippen molar-refractivity contribution in [1.29, 1.82) is 0 Å². The number of nitrogens with zero attached hydrogens (tertiary/aromatic N) is 1. The van der Waals surface area contributed by atoms with E-state index in [1.165, 1.54) is 101 Å². The molecule has 270 valence electrons. The molecule has 58 heavy (non-hydrogen) atoms. The lowest BCUT2D eigenvalue weighted by Gasteiger charge is -2.46. The Hall–Kier alpha value is -6.65. The molecule has 1 unspecified atom stereocenters. The van der Waals surface area contributed by atoms with Gasteiger partial charge in [-0.3, -0.25) is 0 Å². The van der Waals surface area contributed by atoms with Crippen molar-refractivity contribution in [2.24, 2.45) is 0 Å². The van der Waals surface area contributed by atoms with E-state index < -0.39 is 5.41 Å². The minimum absolute atomic E-state index is 0.482. The van der Waals surface area contributed by atoms with Crippen LogP contribution in [0.1, 0.15) is 22.3 Å². The van der Waals surface area contributed by atoms with Crippen LogP contribution in [0.25, 0.3) is 63.6 Å². The number of rotatable bonds is 3. The van der Waals surface area contributed by atoms with Gasteiger partial charge in [-0.05, 0) is 109 Å². The van der Waals surface area contributed by atoms with Crippen LogP contribution >= 0.6 is 23.1 Å². The molecule has 0 saturated heterocycles. The molecule has 2 aliphatic rings. The number of fused-ring (bicyclic) bond motifs is 13. The first-order valence-electron chi connectivity index (χ1n) is 19.9. The first-order chi connectivity index (χ1) is 28.7. The van der Waals surface area contributed by atoms with Crippen molar-refractivity contribution in [2.75, 3.05) is 4.90 Å². The summed E-state index contributed by atoms with van der Waals surface area (Å²) < 4.78 is 2.61. The van der Waals surface area contributed by atoms with Crippen molar-refractivity contribution in [2.45, 2.75) is 15.2 Å². The molecule has 1 aliphatic carbocycles. The summed E-state index contributed by atoms with van der Waals surface area (Å²) in [6.07, 6.45) is 0. The first-order valence-corrected chi connectivity index (χ1v) is 21.5. The standard InChI is InChI=1S/C55H33NS2/c1-2-14-37-31-51-44(30-36(37)13-1)42-28-26-38(32-52(42)58-51)56(49-24-11-15-34-12-3-4-18-40(34)49)39-27-29-47-53(33-39)57-50-25-8-7-22-46(50)55(47)45-21-6-5-19-41(45)43-20-9-16-35-17-10-23-48(55)54(35)43/h1-33H. The van der Waals surface area contributed by atoms with Crippen molar-refractivity contribution in [3.05, 3.63) is 222 Å². The number of hydrogen-bond donors (Lipinski definition) is 0. The van der Waals surface area contributed by atoms with Crippen LogP contribution in [0.2, 0.25) is 0 Å². The number of thiophene rings is 1. The Kier molecular flexibility index (Phi) is 6.81. The Bertz CT molecular complexity index is 3510. The summed E-state index contributed by atoms with van der Waals surface area (Å²) in [6.45, 7) is 0. The Morgan fingerprint density at radius 1 is 0.362 bits per heavy atom. The van der Waals surface area contributed by atoms with Gasteiger partial charge in [-0.25, -0.2) is 0 Å². The summed E-state index contributed by atoms with van der Waals surface area (Å²) in [7, 11) is 0. The molecule has 0 saturated carbocycles. The molecule has 11 aromatic rings. The van der Waals surface area contributed by atoms with Crippen LogP contribution in [0.3, 0.4) is 0 Å². The molecule has 0 radical (unpaired) electrons. The van der Waals surface area contributed by atoms with Crippen molar-refractivity contribution >= 4 is 92.7 Å². The average molecular weight is 772 g/mol. The number of anilines is 3. The van der Waals surface area contributed by atoms with Gasteiger partial charge in [-0.15, -0.1) is 11.3 Å². The molecule has 10 aromatic carbocycles. The molecule has 1 nitrogen and oxygen atoms in total. The van der Waals surface area contributed by atoms with E-state index >= 15 is 0 Å². The molecule has 1 atom stereocenters. The molecule has 0 fully saturated rings. The van der Waals surface area contributed by atoms with Crippen LogP contribution in [0.5, 0.6) is 0 Å². The monoisotopic (exact) mass is 771 g/mol. The lowest BCUT2D eigenvalue weighted by molar-refractivity contribution is 0.707. The zero-order valence-corrected chi connectivity index (χ0v) is 32.9. The van der Waals surface area contributed by atoms with Gasteiger partial charge in [0.2, 0.25) is 0 Å². The largest absolute Gasteiger partial charge is 0.310 e. The number of hydrogen-bond acceptors (Lipinski definition) is 3. The third-order valence-corrected chi connectivity index (χ3v) is 14.9. The average Bonchev–Trinajstić information content (AvgIpc) is 3.63. The lowest BCUT2D eigenvalue weighted by Crippen LogP contribution is -2.36. The predicted octanol–water partition coefficient (Wildman–Crippen LogP) is 15.8. The quantitative estimate of drug-likeness (QED) is 0.176. The van der Waals surface area contributed by atoms with Gasteiger partial charge in [0.05, 0.1) is 11.1 Å². The Morgan fingerprint density at radius 2 is 0.983 bits per heavy atom. The van der Waals surface area contributed by atoms with E-state index in [0.717, 1.165) is 11.4 Å². The minimum atomic E-state index is -0.482. The van der Waals surface area contributed by atoms with E-state index in [2.05, 4.69) is 205 Å². The van der Waals surface area contributed by atoms with E-state index in [1.54, 1.807) is 0 Å². The fourth-order valence-corrected chi connectivity index (χ4v) is 12.6. The highest BCUT2D eigenvalue weighted by Gasteiger charge is 2.48. The Labute approximate surface area is 344 Å². The first kappa shape index (κ1) is 32.4. The molecule has 1 aromatic heterocycles. The molecule has 0 N–H and O–H groups in total. The maximum atomic E-state index is 2.49. The van der Waals surface area contributed by atoms with Crippen molar-refractivity contribution in [3.8, 4) is 11.1 Å². The van der Waals surface area contributed by atoms with Crippen molar-refractivity contribution < 1.29 is 0 Å². The third kappa shape index (κ3) is 4.43. The molecule has 1 spiro atoms. The Balaban J connectivity index is 1.08. The van der Waals surface area contributed by atoms with Crippen LogP contribution in [-0.2, 0) is 5.41 Å². The topological polar surface area (TPSA) is 3.24 Å². The normalized spacial score (nSPS) is 15.2. The highest BCUT2D eigenvalue weighted by atomic mass is 32.2. The van der Waals surface area contributed by atoms with E-state index in [-0.39, 0.29) is 0 Å². The predicted molar refractivity (Wildman–Crippen MR) is 248 cm³/mol. The molecular formula is C55H33NS2. The van der Waals surface area contributed by atoms with Crippen molar-refractivity contribution in [1.82, 2.24) is 0 Å². The molecular weight excluding hydrogens is 739 g/mol. The van der Waals surface area contributed by atoms with Gasteiger partial charge >= 0.3 is 0 Å². The van der Waals surface area contributed by atoms with Gasteiger partial charge in [-0.2, -0.15) is 0 Å². The molecule has 0 bridgehead atoms. The smallest absolute Gasteiger partial charge is 0.0735 e. The van der Waals surface area contributed by atoms with Gasteiger partial charge < -0.3 is 4.90 Å². The highest BCUT2D eigenvalue weighted by Crippen LogP contribution is 2.62. The molecule has 1 aliphatic heterocycles. The van der Waals surface area contributed by atoms with E-state index in [0.29, 0.717) is 0 Å². The minimum Gasteiger partial charge on any atom is -0.310 e. The van der Waals surface area contributed by atoms with E-state index in [1.807, 2.05) is 23.1 Å². The fourth-order valence-electron chi connectivity index (χ4n) is 10.2. The van der Waals surface area contributed by atoms with Gasteiger partial charge in [0.15, 0.2) is 0 Å². The van der Waals surface area contributed by atoms with Crippen molar-refractivity contribution in [3.63, 3.8) is 0 Å². The van der Waals surface area contributed by atoms with Crippen LogP contribution in [-0.4, -0.2) is 0 Å². The SMILES string of the molecule is c1ccc2c(c1)Sc1cc(N(c3ccc4c(c3)sc3cc5ccccc5cc34)c3cccc4ccccc34)ccc1C21c2ccccc2-c2cccc3cccc1c23. The van der Waals surface area contributed by atoms with E-state index in [4.69, 9.17) is 0 Å². The summed E-state index contributed by atoms with van der Waals surface area (Å²) >= 11 is 3.79. The summed E-state index contributed by atoms with van der Waals surface area (Å²) in [5, 5.41) is 10.3. The Morgan fingerprint density at radius 3 is 1.90 bits per heavy atom. The zero-order chi connectivity index (χ0) is 38.0. The molecule has 0 amide bonds. The number of benzene rings is 10. The van der Waals surface area contributed by atoms with Gasteiger partial charge in [0.25, 0.3) is 0 Å². The zero-order valence-electron chi connectivity index (χ0n) is 31.3. The second-order valence-electron chi connectivity index (χ2n) is 15.6. The van der Waals surface area contributed by atoms with Gasteiger partial charge in [0.1, 0.15) is 0 Å². The molecule has 3 heteroatoms. The second-order valence-corrected chi connectivity index (χ2v) is 17.8. The van der Waals surface area contributed by atoms with Crippen LogP contribution in [0.4, 0.5) is 17.1 Å². The van der Waals surface area contributed by atoms with Gasteiger partial charge in [-0.1, -0.05) is 163 Å². The van der Waals surface area contributed by atoms with Crippen LogP contribution in [0.15, 0.2) is 210 Å². The molecule has 13 rings (SSSR count). The maximum absolute atomic E-state index is 2.49. The summed E-state index contributed by atoms with van der Waals surface area (Å²) in [6, 6.07) is 75.2. The molecule has 2 heterocycles. The summed E-state index contributed by atoms with van der Waals surface area (Å²) in [5.74, 6) is 0. The van der Waals surface area contributed by atoms with E-state index in [9.17, 15) is 0 Å². The van der Waals surface area contributed by atoms with Gasteiger partial charge in [0, 0.05) is 46.7 Å². The fraction of sp³-hybridized carbons (Fsp3) is 0.0182.